The molecule has 10 atom stereocenters. The number of carbonyl (C=O) groups is 1. The normalized spacial score (nSPS) is 28.0. The summed E-state index contributed by atoms with van der Waals surface area (Å²) in [7, 11) is -17.1. The number of nitrogens with zero attached hydrogens (tertiary/aromatic N) is 5. The Kier molecular flexibility index (Phi) is 18.2. The zero-order chi connectivity index (χ0) is 35.2. The third-order valence-corrected chi connectivity index (χ3v) is 10.0. The maximum Gasteiger partial charge on any atom is 1.00 e. The molecule has 1 amide bonds. The summed E-state index contributed by atoms with van der Waals surface area (Å²) in [5.41, 5.74) is 11.0. The molecule has 12 N–H and O–H groups in total. The van der Waals surface area contributed by atoms with Gasteiger partial charge in [-0.05, 0) is 6.07 Å². The van der Waals surface area contributed by atoms with Gasteiger partial charge in [-0.1, -0.05) is 0 Å². The largest absolute Gasteiger partial charge is 1.00 e. The van der Waals surface area contributed by atoms with Crippen molar-refractivity contribution in [2.45, 2.75) is 49.1 Å². The average Bonchev–Trinajstić information content (AvgIpc) is 3.64. The average molecular weight is 823 g/mol. The van der Waals surface area contributed by atoms with Gasteiger partial charge >= 0.3 is 66.9 Å². The van der Waals surface area contributed by atoms with Crippen LogP contribution < -0.4 is 89.8 Å². The molecule has 2 fully saturated rings. The number of rotatable bonds is 13. The number of nitrogens with two attached hydrogens (primary N) is 2. The van der Waals surface area contributed by atoms with E-state index in [9.17, 15) is 53.4 Å². The van der Waals surface area contributed by atoms with Crippen LogP contribution in [0.5, 0.6) is 0 Å². The van der Waals surface area contributed by atoms with Crippen LogP contribution >= 0.6 is 23.5 Å². The van der Waals surface area contributed by atoms with Gasteiger partial charge in [0.1, 0.15) is 47.9 Å². The molecule has 2 aliphatic rings. The number of primary amides is 1. The van der Waals surface area contributed by atoms with E-state index in [-0.39, 0.29) is 92.6 Å². The predicted octanol–water partition coefficient (Wildman–Crippen LogP) is -12.4. The Labute approximate surface area is 335 Å². The van der Waals surface area contributed by atoms with Crippen molar-refractivity contribution in [1.29, 1.82) is 0 Å². The van der Waals surface area contributed by atoms with Crippen LogP contribution in [0.3, 0.4) is 0 Å². The summed E-state index contributed by atoms with van der Waals surface area (Å²) in [4.78, 5) is 68.3. The maximum atomic E-state index is 12.5. The Morgan fingerprint density at radius 3 is 2.25 bits per heavy atom. The summed E-state index contributed by atoms with van der Waals surface area (Å²) in [5.74, 6) is -0.892. The fourth-order valence-corrected chi connectivity index (χ4v) is 7.39. The van der Waals surface area contributed by atoms with Gasteiger partial charge in [0.05, 0.1) is 27.4 Å². The summed E-state index contributed by atoms with van der Waals surface area (Å²) in [6.45, 7) is -2.18. The summed E-state index contributed by atoms with van der Waals surface area (Å²) < 4.78 is 67.2. The van der Waals surface area contributed by atoms with Crippen molar-refractivity contribution < 1.29 is 155 Å². The number of anilines is 1. The number of amides is 1. The molecule has 0 bridgehead atoms. The van der Waals surface area contributed by atoms with E-state index in [2.05, 4.69) is 32.8 Å². The van der Waals surface area contributed by atoms with Crippen LogP contribution in [0.4, 0.5) is 5.82 Å². The number of pyridine rings is 1. The molecule has 5 rings (SSSR count). The van der Waals surface area contributed by atoms with Crippen molar-refractivity contribution in [3.05, 3.63) is 42.7 Å². The second-order valence-corrected chi connectivity index (χ2v) is 14.3. The van der Waals surface area contributed by atoms with Gasteiger partial charge in [0.25, 0.3) is 20.0 Å². The van der Waals surface area contributed by atoms with Crippen molar-refractivity contribution in [1.82, 2.24) is 19.5 Å². The van der Waals surface area contributed by atoms with Crippen molar-refractivity contribution in [3.63, 3.8) is 0 Å². The minimum Gasteiger partial charge on any atom is -0.790 e. The summed E-state index contributed by atoms with van der Waals surface area (Å²) in [6.07, 6.45) is -9.05. The fraction of sp³-hybridized carbons (Fsp3) is 0.476. The third-order valence-electron chi connectivity index (χ3n) is 6.96. The monoisotopic (exact) mass is 823 g/mol. The Balaban J connectivity index is 0.00000338. The molecule has 3 aromatic heterocycles. The number of fused-ring (bicyclic) bond motifs is 1. The fourth-order valence-electron chi connectivity index (χ4n) is 4.81. The van der Waals surface area contributed by atoms with Crippen LogP contribution in [0.25, 0.3) is 11.2 Å². The van der Waals surface area contributed by atoms with Gasteiger partial charge in [-0.25, -0.2) is 23.8 Å². The number of phosphoric ester groups is 3. The first-order valence-corrected chi connectivity index (χ1v) is 17.7. The molecule has 2 aliphatic heterocycles. The van der Waals surface area contributed by atoms with E-state index in [0.717, 1.165) is 17.2 Å². The molecule has 5 heterocycles. The van der Waals surface area contributed by atoms with Gasteiger partial charge in [-0.15, -0.1) is 0 Å². The summed E-state index contributed by atoms with van der Waals surface area (Å²) >= 11 is 0. The molecule has 0 spiro atoms. The van der Waals surface area contributed by atoms with Gasteiger partial charge < -0.3 is 80.4 Å². The number of phosphoric acid groups is 3. The van der Waals surface area contributed by atoms with E-state index in [1.807, 2.05) is 0 Å². The topological polar surface area (TPSA) is 436 Å². The Morgan fingerprint density at radius 1 is 0.981 bits per heavy atom. The molecule has 0 radical (unpaired) electrons. The molecule has 2 unspecified atom stereocenters. The number of nitrogen functional groups attached to an aromatic ring is 1. The van der Waals surface area contributed by atoms with E-state index in [0.29, 0.717) is 0 Å². The molecule has 52 heavy (non-hydrogen) atoms. The molecule has 0 aromatic carbocycles. The molecular weight excluding hydrogens is 793 g/mol. The van der Waals surface area contributed by atoms with Crippen molar-refractivity contribution >= 4 is 46.4 Å². The van der Waals surface area contributed by atoms with E-state index in [1.54, 1.807) is 0 Å². The van der Waals surface area contributed by atoms with Crippen molar-refractivity contribution in [2.75, 3.05) is 18.9 Å². The molecule has 2 saturated heterocycles. The maximum absolute atomic E-state index is 12.5. The predicted molar refractivity (Wildman–Crippen MR) is 151 cm³/mol. The SMILES string of the molecule is NC(=O)c1ccc[n+]([C@@H]2O[C@H](COP(=O)([O-])OP(=O)(O)OC[C@H]3O[C@@H](n4cnc5c(N)ncnc54)[C@H](OP(=O)([O-])[O-])[C@@H]3O)[C@@H](O)[C@H]2O)c1.O.O.[Na+].[Na+]. The minimum absolute atomic E-state index is 0. The minimum atomic E-state index is -5.78. The molecule has 31 heteroatoms. The van der Waals surface area contributed by atoms with Gasteiger partial charge in [-0.3, -0.25) is 18.5 Å². The van der Waals surface area contributed by atoms with Crippen LogP contribution in [0, 0.1) is 0 Å². The molecular formula is C21H30N7Na2O19P3. The van der Waals surface area contributed by atoms with Gasteiger partial charge in [0, 0.05) is 6.07 Å². The number of ether oxygens (including phenoxy) is 2. The first-order valence-electron chi connectivity index (χ1n) is 13.3. The molecule has 280 valence electrons. The van der Waals surface area contributed by atoms with Gasteiger partial charge in [0.15, 0.2) is 36.2 Å². The van der Waals surface area contributed by atoms with E-state index in [4.69, 9.17) is 20.9 Å². The van der Waals surface area contributed by atoms with Gasteiger partial charge in [0.2, 0.25) is 0 Å². The van der Waals surface area contributed by atoms with Crippen LogP contribution in [-0.4, -0.2) is 106 Å². The number of imidazole rings is 1. The van der Waals surface area contributed by atoms with Crippen LogP contribution in [0.15, 0.2) is 37.2 Å². The number of hydrogen-bond acceptors (Lipinski definition) is 20. The Hall–Kier alpha value is -0.940. The van der Waals surface area contributed by atoms with Crippen LogP contribution in [-0.2, 0) is 41.1 Å². The van der Waals surface area contributed by atoms with E-state index in [1.165, 1.54) is 29.1 Å². The second kappa shape index (κ2) is 19.3. The number of aliphatic hydroxyl groups is 3. The number of aliphatic hydroxyl groups excluding tert-OH is 3. The molecule has 0 saturated carbocycles. The van der Waals surface area contributed by atoms with Gasteiger partial charge in [-0.2, -0.15) is 4.57 Å². The first-order chi connectivity index (χ1) is 22.4. The first kappa shape index (κ1) is 49.1. The standard InChI is InChI=1S/C21H28N7O17P3.2Na.2H2O/c22-17-12-19(25-7-24-17)28(8-26-12)21-16(44-46(33,34)35)14(30)11(43-21)6-41-48(38,39)45-47(36,37)40-5-10-13(29)15(31)20(42-10)27-3-1-2-9(4-27)18(23)32;;;;/h1-4,7-8,10-11,13-16,20-21,29-31H,5-6H2,(H7-,22,23,24,25,32,33,34,35,36,37,38,39);;;2*1H2/q;2*+1;;/p-2/t10-,11-,13-,14-,15-,16-,20-,21-;;;;/m1..../s1. The van der Waals surface area contributed by atoms with Crippen LogP contribution in [0.1, 0.15) is 22.8 Å². The number of hydrogen-bond donors (Lipinski definition) is 6. The number of aromatic nitrogens is 5. The third kappa shape index (κ3) is 11.5. The quantitative estimate of drug-likeness (QED) is 0.0529. The zero-order valence-electron chi connectivity index (χ0n) is 26.8. The van der Waals surface area contributed by atoms with E-state index >= 15 is 0 Å². The van der Waals surface area contributed by atoms with Crippen molar-refractivity contribution in [2.24, 2.45) is 5.73 Å². The summed E-state index contributed by atoms with van der Waals surface area (Å²) in [5, 5.41) is 31.4. The molecule has 26 nitrogen and oxygen atoms in total. The van der Waals surface area contributed by atoms with E-state index < -0.39 is 91.7 Å². The summed E-state index contributed by atoms with van der Waals surface area (Å²) in [6, 6.07) is 2.76. The second-order valence-electron chi connectivity index (χ2n) is 10.2. The zero-order valence-corrected chi connectivity index (χ0v) is 33.5. The smallest absolute Gasteiger partial charge is 0.790 e. The van der Waals surface area contributed by atoms with Crippen LogP contribution in [0.2, 0.25) is 0 Å². The molecule has 3 aromatic rings. The Morgan fingerprint density at radius 2 is 1.62 bits per heavy atom. The van der Waals surface area contributed by atoms with Crippen molar-refractivity contribution in [3.8, 4) is 0 Å². The Bertz CT molecular complexity index is 1830. The number of carbonyl (C=O) groups excluding carboxylic acids is 1. The molecule has 0 aliphatic carbocycles.